The van der Waals surface area contributed by atoms with E-state index in [1.165, 1.54) is 36.1 Å². The Balaban J connectivity index is 1.47. The lowest BCUT2D eigenvalue weighted by atomic mass is 9.97. The number of nitrogens with zero attached hydrogens (tertiary/aromatic N) is 1. The van der Waals surface area contributed by atoms with Gasteiger partial charge in [0.05, 0.1) is 6.04 Å². The summed E-state index contributed by atoms with van der Waals surface area (Å²) in [6.07, 6.45) is 4.55. The van der Waals surface area contributed by atoms with Gasteiger partial charge in [0, 0.05) is 19.6 Å². The molecule has 3 rings (SSSR count). The van der Waals surface area contributed by atoms with Gasteiger partial charge in [-0.25, -0.2) is 0 Å². The van der Waals surface area contributed by atoms with E-state index in [1.807, 2.05) is 0 Å². The average Bonchev–Trinajstić information content (AvgIpc) is 3.06. The van der Waals surface area contributed by atoms with E-state index < -0.39 is 0 Å². The van der Waals surface area contributed by atoms with Gasteiger partial charge in [0.25, 0.3) is 0 Å². The van der Waals surface area contributed by atoms with Crippen molar-refractivity contribution in [2.45, 2.75) is 52.1 Å². The number of benzene rings is 1. The van der Waals surface area contributed by atoms with E-state index in [0.717, 1.165) is 39.0 Å². The van der Waals surface area contributed by atoms with Crippen molar-refractivity contribution >= 4 is 5.91 Å². The molecule has 0 radical (unpaired) electrons. The molecular formula is C20H31N3O. The van der Waals surface area contributed by atoms with Crippen LogP contribution in [0.2, 0.25) is 0 Å². The highest BCUT2D eigenvalue weighted by atomic mass is 16.2. The first-order valence-electron chi connectivity index (χ1n) is 9.41. The highest BCUT2D eigenvalue weighted by Gasteiger charge is 2.24. The van der Waals surface area contributed by atoms with Crippen molar-refractivity contribution in [3.8, 4) is 0 Å². The maximum atomic E-state index is 12.1. The van der Waals surface area contributed by atoms with Crippen LogP contribution in [0.25, 0.3) is 0 Å². The third kappa shape index (κ3) is 4.81. The number of carbonyl (C=O) groups excluding carboxylic acids is 1. The average molecular weight is 329 g/mol. The third-order valence-corrected chi connectivity index (χ3v) is 5.23. The molecule has 0 bridgehead atoms. The molecule has 0 aromatic heterocycles. The van der Waals surface area contributed by atoms with Crippen molar-refractivity contribution < 1.29 is 4.79 Å². The molecule has 132 valence electrons. The smallest absolute Gasteiger partial charge is 0.237 e. The molecule has 0 spiro atoms. The standard InChI is InChI=1S/C20H31N3O/c1-15-9-16(2)11-18(10-15)14-23-8-4-5-17(13-23)12-22-20(24)19-6-3-7-21-19/h9-11,17,19,21H,3-8,12-14H2,1-2H3,(H,22,24). The van der Waals surface area contributed by atoms with E-state index in [4.69, 9.17) is 0 Å². The van der Waals surface area contributed by atoms with Gasteiger partial charge in [-0.2, -0.15) is 0 Å². The van der Waals surface area contributed by atoms with Gasteiger partial charge in [-0.15, -0.1) is 0 Å². The van der Waals surface area contributed by atoms with E-state index in [-0.39, 0.29) is 11.9 Å². The fourth-order valence-corrected chi connectivity index (χ4v) is 4.16. The van der Waals surface area contributed by atoms with Crippen LogP contribution in [0.5, 0.6) is 0 Å². The summed E-state index contributed by atoms with van der Waals surface area (Å²) in [5.41, 5.74) is 4.09. The molecule has 2 atom stereocenters. The molecule has 0 saturated carbocycles. The summed E-state index contributed by atoms with van der Waals surface area (Å²) in [5, 5.41) is 6.44. The van der Waals surface area contributed by atoms with E-state index in [9.17, 15) is 4.79 Å². The minimum Gasteiger partial charge on any atom is -0.354 e. The number of likely N-dealkylation sites (tertiary alicyclic amines) is 1. The third-order valence-electron chi connectivity index (χ3n) is 5.23. The quantitative estimate of drug-likeness (QED) is 0.872. The van der Waals surface area contributed by atoms with Gasteiger partial charge in [-0.05, 0) is 64.1 Å². The van der Waals surface area contributed by atoms with E-state index in [1.54, 1.807) is 0 Å². The maximum Gasteiger partial charge on any atom is 0.237 e. The Morgan fingerprint density at radius 3 is 2.71 bits per heavy atom. The van der Waals surface area contributed by atoms with Crippen LogP contribution in [-0.2, 0) is 11.3 Å². The number of nitrogens with one attached hydrogen (secondary N) is 2. The lowest BCUT2D eigenvalue weighted by molar-refractivity contribution is -0.123. The number of hydrogen-bond donors (Lipinski definition) is 2. The zero-order valence-electron chi connectivity index (χ0n) is 15.1. The van der Waals surface area contributed by atoms with Gasteiger partial charge in [0.15, 0.2) is 0 Å². The van der Waals surface area contributed by atoms with Gasteiger partial charge in [0.2, 0.25) is 5.91 Å². The molecule has 2 heterocycles. The lowest BCUT2D eigenvalue weighted by Gasteiger charge is -2.33. The normalized spacial score (nSPS) is 24.9. The molecule has 2 N–H and O–H groups in total. The minimum atomic E-state index is 0.0416. The Morgan fingerprint density at radius 2 is 2.00 bits per heavy atom. The number of piperidine rings is 1. The molecule has 2 saturated heterocycles. The Hall–Kier alpha value is -1.39. The van der Waals surface area contributed by atoms with Crippen LogP contribution in [0.1, 0.15) is 42.4 Å². The van der Waals surface area contributed by atoms with E-state index in [2.05, 4.69) is 47.6 Å². The second kappa shape index (κ2) is 8.13. The topological polar surface area (TPSA) is 44.4 Å². The molecule has 4 nitrogen and oxygen atoms in total. The lowest BCUT2D eigenvalue weighted by Crippen LogP contribution is -2.45. The van der Waals surface area contributed by atoms with Crippen LogP contribution in [0.4, 0.5) is 0 Å². The molecule has 4 heteroatoms. The molecule has 24 heavy (non-hydrogen) atoms. The summed E-state index contributed by atoms with van der Waals surface area (Å²) < 4.78 is 0. The Morgan fingerprint density at radius 1 is 1.21 bits per heavy atom. The summed E-state index contributed by atoms with van der Waals surface area (Å²) in [5.74, 6) is 0.772. The van der Waals surface area contributed by atoms with Crippen LogP contribution in [-0.4, -0.2) is 43.0 Å². The number of aryl methyl sites for hydroxylation is 2. The van der Waals surface area contributed by atoms with Crippen molar-refractivity contribution in [1.29, 1.82) is 0 Å². The maximum absolute atomic E-state index is 12.1. The Labute approximate surface area is 146 Å². The fourth-order valence-electron chi connectivity index (χ4n) is 4.16. The monoisotopic (exact) mass is 329 g/mol. The second-order valence-corrected chi connectivity index (χ2v) is 7.63. The summed E-state index contributed by atoms with van der Waals surface area (Å²) in [4.78, 5) is 14.7. The van der Waals surface area contributed by atoms with Crippen molar-refractivity contribution in [3.05, 3.63) is 34.9 Å². The predicted molar refractivity (Wildman–Crippen MR) is 98.0 cm³/mol. The zero-order chi connectivity index (χ0) is 16.9. The van der Waals surface area contributed by atoms with Crippen LogP contribution in [0, 0.1) is 19.8 Å². The van der Waals surface area contributed by atoms with E-state index >= 15 is 0 Å². The SMILES string of the molecule is Cc1cc(C)cc(CN2CCCC(CNC(=O)C3CCCN3)C2)c1. The van der Waals surface area contributed by atoms with Crippen molar-refractivity contribution in [3.63, 3.8) is 0 Å². The van der Waals surface area contributed by atoms with Gasteiger partial charge in [0.1, 0.15) is 0 Å². The summed E-state index contributed by atoms with van der Waals surface area (Å²) in [6, 6.07) is 6.86. The van der Waals surface area contributed by atoms with Crippen molar-refractivity contribution in [2.75, 3.05) is 26.2 Å². The second-order valence-electron chi connectivity index (χ2n) is 7.63. The summed E-state index contributed by atoms with van der Waals surface area (Å²) in [7, 11) is 0. The van der Waals surface area contributed by atoms with Crippen molar-refractivity contribution in [2.24, 2.45) is 5.92 Å². The molecule has 1 aromatic rings. The highest BCUT2D eigenvalue weighted by molar-refractivity contribution is 5.81. The molecule has 2 unspecified atom stereocenters. The molecule has 2 aliphatic heterocycles. The molecular weight excluding hydrogens is 298 g/mol. The highest BCUT2D eigenvalue weighted by Crippen LogP contribution is 2.19. The van der Waals surface area contributed by atoms with Gasteiger partial charge in [-0.1, -0.05) is 29.3 Å². The number of carbonyl (C=O) groups is 1. The van der Waals surface area contributed by atoms with Gasteiger partial charge in [-0.3, -0.25) is 9.69 Å². The molecule has 1 aromatic carbocycles. The van der Waals surface area contributed by atoms with E-state index in [0.29, 0.717) is 5.92 Å². The Kier molecular flexibility index (Phi) is 5.90. The number of rotatable bonds is 5. The van der Waals surface area contributed by atoms with Crippen LogP contribution < -0.4 is 10.6 Å². The largest absolute Gasteiger partial charge is 0.354 e. The molecule has 1 amide bonds. The number of hydrogen-bond acceptors (Lipinski definition) is 3. The fraction of sp³-hybridized carbons (Fsp3) is 0.650. The van der Waals surface area contributed by atoms with Gasteiger partial charge < -0.3 is 10.6 Å². The predicted octanol–water partition coefficient (Wildman–Crippen LogP) is 2.38. The first-order chi connectivity index (χ1) is 11.6. The van der Waals surface area contributed by atoms with Crippen molar-refractivity contribution in [1.82, 2.24) is 15.5 Å². The molecule has 2 aliphatic rings. The summed E-state index contributed by atoms with van der Waals surface area (Å²) in [6.45, 7) is 9.42. The summed E-state index contributed by atoms with van der Waals surface area (Å²) >= 11 is 0. The first kappa shape index (κ1) is 17.4. The molecule has 2 fully saturated rings. The Bertz CT molecular complexity index is 546. The van der Waals surface area contributed by atoms with Crippen LogP contribution in [0.3, 0.4) is 0 Å². The first-order valence-corrected chi connectivity index (χ1v) is 9.41. The minimum absolute atomic E-state index is 0.0416. The van der Waals surface area contributed by atoms with Crippen LogP contribution >= 0.6 is 0 Å². The van der Waals surface area contributed by atoms with Gasteiger partial charge >= 0.3 is 0 Å². The zero-order valence-corrected chi connectivity index (χ0v) is 15.1. The number of amides is 1. The molecule has 0 aliphatic carbocycles. The van der Waals surface area contributed by atoms with Crippen LogP contribution in [0.15, 0.2) is 18.2 Å².